The van der Waals surface area contributed by atoms with Crippen LogP contribution in [0.3, 0.4) is 0 Å². The van der Waals surface area contributed by atoms with E-state index in [1.807, 2.05) is 21.0 Å². The van der Waals surface area contributed by atoms with E-state index < -0.39 is 0 Å². The van der Waals surface area contributed by atoms with Crippen molar-refractivity contribution in [2.45, 2.75) is 58.3 Å². The van der Waals surface area contributed by atoms with Gasteiger partial charge in [0.1, 0.15) is 10.3 Å². The van der Waals surface area contributed by atoms with Gasteiger partial charge in [-0.3, -0.25) is 4.79 Å². The Labute approximate surface area is 243 Å². The molecule has 3 aromatic rings. The second kappa shape index (κ2) is 14.1. The molecule has 1 fully saturated rings. The number of rotatable bonds is 11. The van der Waals surface area contributed by atoms with Gasteiger partial charge < -0.3 is 25.0 Å². The zero-order valence-corrected chi connectivity index (χ0v) is 24.6. The molecular formula is C27H35Cl2N7O2S. The number of urea groups is 1. The molecule has 1 saturated heterocycles. The van der Waals surface area contributed by atoms with Crippen LogP contribution in [0.25, 0.3) is 0 Å². The van der Waals surface area contributed by atoms with Crippen molar-refractivity contribution in [1.29, 1.82) is 0 Å². The van der Waals surface area contributed by atoms with Gasteiger partial charge in [-0.2, -0.15) is 11.3 Å². The van der Waals surface area contributed by atoms with E-state index >= 15 is 0 Å². The van der Waals surface area contributed by atoms with E-state index in [0.29, 0.717) is 43.3 Å². The van der Waals surface area contributed by atoms with Crippen molar-refractivity contribution in [2.24, 2.45) is 0 Å². The van der Waals surface area contributed by atoms with Crippen LogP contribution in [0.2, 0.25) is 10.3 Å². The molecule has 0 spiro atoms. The van der Waals surface area contributed by atoms with Crippen molar-refractivity contribution in [3.8, 4) is 0 Å². The first-order valence-corrected chi connectivity index (χ1v) is 14.9. The highest BCUT2D eigenvalue weighted by Gasteiger charge is 2.30. The van der Waals surface area contributed by atoms with Gasteiger partial charge in [0.2, 0.25) is 0 Å². The topological polar surface area (TPSA) is 95.4 Å². The van der Waals surface area contributed by atoms with Gasteiger partial charge in [-0.15, -0.1) is 0 Å². The fourth-order valence-corrected chi connectivity index (χ4v) is 6.21. The Bertz CT molecular complexity index is 1190. The number of aromatic nitrogens is 3. The summed E-state index contributed by atoms with van der Waals surface area (Å²) >= 11 is 13.7. The first-order valence-electron chi connectivity index (χ1n) is 13.2. The quantitative estimate of drug-likeness (QED) is 0.311. The fraction of sp³-hybridized carbons (Fsp3) is 0.481. The molecule has 4 heterocycles. The molecule has 1 unspecified atom stereocenters. The van der Waals surface area contributed by atoms with Crippen molar-refractivity contribution in [1.82, 2.24) is 35.0 Å². The van der Waals surface area contributed by atoms with E-state index in [4.69, 9.17) is 23.2 Å². The summed E-state index contributed by atoms with van der Waals surface area (Å²) in [5, 5.41) is 10.6. The number of carbonyl (C=O) groups is 2. The van der Waals surface area contributed by atoms with Crippen molar-refractivity contribution in [2.75, 3.05) is 26.2 Å². The second-order valence-electron chi connectivity index (χ2n) is 9.88. The number of hydrogen-bond acceptors (Lipinski definition) is 6. The molecule has 2 N–H and O–H groups in total. The third-order valence-electron chi connectivity index (χ3n) is 7.18. The Morgan fingerprint density at radius 3 is 2.69 bits per heavy atom. The summed E-state index contributed by atoms with van der Waals surface area (Å²) in [5.41, 5.74) is 2.22. The van der Waals surface area contributed by atoms with Crippen LogP contribution >= 0.6 is 34.5 Å². The van der Waals surface area contributed by atoms with E-state index in [0.717, 1.165) is 37.9 Å². The summed E-state index contributed by atoms with van der Waals surface area (Å²) in [6.07, 6.45) is 8.00. The number of hydrogen-bond donors (Lipinski definition) is 2. The number of imidazole rings is 1. The molecule has 0 bridgehead atoms. The first-order chi connectivity index (χ1) is 18.8. The Kier molecular flexibility index (Phi) is 10.6. The third kappa shape index (κ3) is 8.17. The number of carbonyl (C=O) groups excluding carboxylic acids is 2. The zero-order chi connectivity index (χ0) is 27.8. The highest BCUT2D eigenvalue weighted by atomic mass is 35.5. The number of halogens is 2. The molecule has 0 saturated carbocycles. The van der Waals surface area contributed by atoms with E-state index in [9.17, 15) is 9.59 Å². The molecule has 9 nitrogen and oxygen atoms in total. The van der Waals surface area contributed by atoms with Gasteiger partial charge in [0.25, 0.3) is 5.91 Å². The average Bonchev–Trinajstić information content (AvgIpc) is 3.61. The Balaban J connectivity index is 1.25. The molecule has 3 aromatic heterocycles. The average molecular weight is 593 g/mol. The van der Waals surface area contributed by atoms with Crippen LogP contribution in [0.15, 0.2) is 41.6 Å². The highest BCUT2D eigenvalue weighted by Crippen LogP contribution is 2.23. The first kappa shape index (κ1) is 29.3. The van der Waals surface area contributed by atoms with Crippen molar-refractivity contribution in [3.05, 3.63) is 68.6 Å². The summed E-state index contributed by atoms with van der Waals surface area (Å²) in [7, 11) is 0. The number of nitrogens with zero attached hydrogens (tertiary/aromatic N) is 5. The number of piperidine rings is 1. The maximum Gasteiger partial charge on any atom is 0.318 e. The lowest BCUT2D eigenvalue weighted by Gasteiger charge is -2.40. The van der Waals surface area contributed by atoms with E-state index in [1.54, 1.807) is 36.9 Å². The van der Waals surface area contributed by atoms with Gasteiger partial charge in [-0.05, 0) is 67.1 Å². The van der Waals surface area contributed by atoms with Crippen molar-refractivity contribution in [3.63, 3.8) is 0 Å². The predicted octanol–water partition coefficient (Wildman–Crippen LogP) is 4.84. The molecule has 3 amide bonds. The van der Waals surface area contributed by atoms with Crippen molar-refractivity contribution >= 4 is 46.5 Å². The number of pyridine rings is 1. The lowest BCUT2D eigenvalue weighted by molar-refractivity contribution is 0.0904. The van der Waals surface area contributed by atoms with Gasteiger partial charge >= 0.3 is 6.03 Å². The molecule has 0 aliphatic carbocycles. The molecular weight excluding hydrogens is 557 g/mol. The Morgan fingerprint density at radius 2 is 2.03 bits per heavy atom. The number of likely N-dealkylation sites (tertiary alicyclic amines) is 1. The van der Waals surface area contributed by atoms with Crippen LogP contribution in [-0.4, -0.2) is 74.5 Å². The SMILES string of the molecule is Cc1cc(Cl)nc(Cl)c1C(=O)NCCC(C)N1CCC(N(Cc2ccsc2)C(=O)NCCn2ccnc2)CC1. The molecule has 1 atom stereocenters. The number of aryl methyl sites for hydroxylation is 1. The predicted molar refractivity (Wildman–Crippen MR) is 155 cm³/mol. The van der Waals surface area contributed by atoms with E-state index in [1.165, 1.54) is 0 Å². The summed E-state index contributed by atoms with van der Waals surface area (Å²) in [6.45, 7) is 8.14. The van der Waals surface area contributed by atoms with Gasteiger partial charge in [-0.25, -0.2) is 14.8 Å². The Hall–Kier alpha value is -2.66. The molecule has 39 heavy (non-hydrogen) atoms. The number of amides is 3. The molecule has 0 aromatic carbocycles. The fourth-order valence-electron chi connectivity index (χ4n) is 4.93. The second-order valence-corrected chi connectivity index (χ2v) is 11.4. The summed E-state index contributed by atoms with van der Waals surface area (Å²) in [6, 6.07) is 4.15. The van der Waals surface area contributed by atoms with Gasteiger partial charge in [0.05, 0.1) is 11.9 Å². The van der Waals surface area contributed by atoms with Gasteiger partial charge in [0.15, 0.2) is 0 Å². The zero-order valence-electron chi connectivity index (χ0n) is 22.3. The normalized spacial score (nSPS) is 15.2. The minimum absolute atomic E-state index is 0.0267. The monoisotopic (exact) mass is 591 g/mol. The maximum absolute atomic E-state index is 13.2. The number of thiophene rings is 1. The van der Waals surface area contributed by atoms with E-state index in [2.05, 4.69) is 43.9 Å². The molecule has 0 radical (unpaired) electrons. The molecule has 1 aliphatic rings. The lowest BCUT2D eigenvalue weighted by atomic mass is 10.0. The van der Waals surface area contributed by atoms with Crippen LogP contribution in [0.5, 0.6) is 0 Å². The molecule has 4 rings (SSSR count). The van der Waals surface area contributed by atoms with E-state index in [-0.39, 0.29) is 28.3 Å². The van der Waals surface area contributed by atoms with Crippen molar-refractivity contribution < 1.29 is 9.59 Å². The van der Waals surface area contributed by atoms with Gasteiger partial charge in [0, 0.05) is 63.7 Å². The summed E-state index contributed by atoms with van der Waals surface area (Å²) < 4.78 is 1.95. The molecule has 210 valence electrons. The van der Waals surface area contributed by atoms with Crippen LogP contribution in [0.1, 0.15) is 47.7 Å². The lowest BCUT2D eigenvalue weighted by Crippen LogP contribution is -2.52. The minimum atomic E-state index is -0.240. The standard InChI is InChI=1S/C27H35Cl2N7O2S/c1-19-15-23(28)33-25(29)24(19)26(37)31-7-3-20(2)35-10-4-22(5-11-35)36(16-21-6-14-39-17-21)27(38)32-9-13-34-12-8-30-18-34/h6,8,12,14-15,17-18,20,22H,3-5,7,9-11,13,16H2,1-2H3,(H,31,37)(H,32,38). The maximum atomic E-state index is 13.2. The summed E-state index contributed by atoms with van der Waals surface area (Å²) in [5.74, 6) is -0.240. The summed E-state index contributed by atoms with van der Waals surface area (Å²) in [4.78, 5) is 38.4. The Morgan fingerprint density at radius 1 is 1.23 bits per heavy atom. The van der Waals surface area contributed by atoms with Crippen LogP contribution in [-0.2, 0) is 13.1 Å². The van der Waals surface area contributed by atoms with Crippen LogP contribution < -0.4 is 10.6 Å². The van der Waals surface area contributed by atoms with Gasteiger partial charge in [-0.1, -0.05) is 23.2 Å². The van der Waals surface area contributed by atoms with Crippen LogP contribution in [0, 0.1) is 6.92 Å². The van der Waals surface area contributed by atoms with Crippen LogP contribution in [0.4, 0.5) is 4.79 Å². The largest absolute Gasteiger partial charge is 0.352 e. The smallest absolute Gasteiger partial charge is 0.318 e. The number of nitrogens with one attached hydrogen (secondary N) is 2. The minimum Gasteiger partial charge on any atom is -0.352 e. The molecule has 1 aliphatic heterocycles. The highest BCUT2D eigenvalue weighted by molar-refractivity contribution is 7.07. The molecule has 12 heteroatoms. The third-order valence-corrected chi connectivity index (χ3v) is 8.38.